The Kier molecular flexibility index (Phi) is 3.27. The Hall–Kier alpha value is -0.603. The van der Waals surface area contributed by atoms with Crippen LogP contribution in [0.15, 0.2) is 30.3 Å². The summed E-state index contributed by atoms with van der Waals surface area (Å²) in [5.41, 5.74) is 0.959. The van der Waals surface area contributed by atoms with Crippen molar-refractivity contribution in [2.24, 2.45) is 0 Å². The lowest BCUT2D eigenvalue weighted by Gasteiger charge is -2.36. The summed E-state index contributed by atoms with van der Waals surface area (Å²) >= 11 is 0. The molecule has 0 saturated carbocycles. The number of hydrogen-bond acceptors (Lipinski definition) is 1. The zero-order valence-corrected chi connectivity index (χ0v) is 10.8. The first-order valence-corrected chi connectivity index (χ1v) is 9.05. The van der Waals surface area contributed by atoms with Crippen LogP contribution in [0, 0.1) is 0 Å². The Morgan fingerprint density at radius 1 is 1.07 bits per heavy atom. The minimum Gasteiger partial charge on any atom is -0.317 e. The maximum absolute atomic E-state index is 3.46. The Labute approximate surface area is 93.9 Å². The molecule has 0 bridgehead atoms. The lowest BCUT2D eigenvalue weighted by atomic mass is 10.2. The maximum Gasteiger partial charge on any atom is 0.0837 e. The largest absolute Gasteiger partial charge is 0.317 e. The highest BCUT2D eigenvalue weighted by Crippen LogP contribution is 2.30. The second-order valence-corrected chi connectivity index (χ2v) is 9.95. The van der Waals surface area contributed by atoms with Crippen LogP contribution >= 0.6 is 0 Å². The molecule has 1 saturated heterocycles. The monoisotopic (exact) mass is 219 g/mol. The van der Waals surface area contributed by atoms with Crippen molar-refractivity contribution in [1.82, 2.24) is 5.32 Å². The standard InChI is InChI=1S/C13H21NSi/c1-15(2,12-6-4-3-5-7-12)13-8-10-14-11-9-13/h3-7,13-14H,8-11H2,1-2H3. The molecule has 0 amide bonds. The van der Waals surface area contributed by atoms with Crippen molar-refractivity contribution in [2.45, 2.75) is 31.5 Å². The fourth-order valence-electron chi connectivity index (χ4n) is 2.65. The number of piperidine rings is 1. The molecule has 0 aliphatic carbocycles. The Bertz CT molecular complexity index is 302. The normalized spacial score (nSPS) is 19.1. The van der Waals surface area contributed by atoms with Crippen molar-refractivity contribution in [2.75, 3.05) is 13.1 Å². The van der Waals surface area contributed by atoms with Gasteiger partial charge in [-0.25, -0.2) is 0 Å². The smallest absolute Gasteiger partial charge is 0.0837 e. The van der Waals surface area contributed by atoms with E-state index in [9.17, 15) is 0 Å². The van der Waals surface area contributed by atoms with E-state index >= 15 is 0 Å². The van der Waals surface area contributed by atoms with E-state index in [2.05, 4.69) is 48.7 Å². The molecule has 1 aromatic rings. The van der Waals surface area contributed by atoms with Crippen LogP contribution in [0.3, 0.4) is 0 Å². The number of nitrogens with one attached hydrogen (secondary N) is 1. The Balaban J connectivity index is 2.18. The molecule has 1 heterocycles. The molecule has 0 spiro atoms. The molecule has 15 heavy (non-hydrogen) atoms. The Morgan fingerprint density at radius 2 is 1.67 bits per heavy atom. The van der Waals surface area contributed by atoms with Crippen molar-refractivity contribution in [3.63, 3.8) is 0 Å². The van der Waals surface area contributed by atoms with Crippen LogP contribution in [0.25, 0.3) is 0 Å². The lowest BCUT2D eigenvalue weighted by molar-refractivity contribution is 0.510. The van der Waals surface area contributed by atoms with Crippen molar-refractivity contribution in [3.05, 3.63) is 30.3 Å². The number of rotatable bonds is 2. The molecule has 2 heteroatoms. The van der Waals surface area contributed by atoms with E-state index in [1.807, 2.05) is 0 Å². The minimum atomic E-state index is -1.22. The first kappa shape index (κ1) is 10.9. The average Bonchev–Trinajstić information content (AvgIpc) is 2.31. The second kappa shape index (κ2) is 4.50. The fourth-order valence-corrected chi connectivity index (χ4v) is 5.90. The van der Waals surface area contributed by atoms with E-state index in [0.717, 1.165) is 5.54 Å². The van der Waals surface area contributed by atoms with Crippen molar-refractivity contribution in [1.29, 1.82) is 0 Å². The van der Waals surface area contributed by atoms with Gasteiger partial charge in [-0.1, -0.05) is 48.6 Å². The third-order valence-electron chi connectivity index (χ3n) is 3.88. The summed E-state index contributed by atoms with van der Waals surface area (Å²) in [7, 11) is -1.22. The topological polar surface area (TPSA) is 12.0 Å². The zero-order chi connectivity index (χ0) is 10.7. The third-order valence-corrected chi connectivity index (χ3v) is 8.32. The van der Waals surface area contributed by atoms with Crippen molar-refractivity contribution >= 4 is 13.3 Å². The first-order chi connectivity index (χ1) is 7.21. The SMILES string of the molecule is C[Si](C)(c1ccccc1)C1CCNCC1. The van der Waals surface area contributed by atoms with Gasteiger partial charge in [-0.05, 0) is 31.5 Å². The van der Waals surface area contributed by atoms with E-state index in [4.69, 9.17) is 0 Å². The summed E-state index contributed by atoms with van der Waals surface area (Å²) in [6.07, 6.45) is 2.74. The highest BCUT2D eigenvalue weighted by molar-refractivity contribution is 6.91. The van der Waals surface area contributed by atoms with Gasteiger partial charge in [0.1, 0.15) is 0 Å². The lowest BCUT2D eigenvalue weighted by Crippen LogP contribution is -2.49. The van der Waals surface area contributed by atoms with Gasteiger partial charge in [-0.3, -0.25) is 0 Å². The van der Waals surface area contributed by atoms with Crippen LogP contribution < -0.4 is 10.5 Å². The quantitative estimate of drug-likeness (QED) is 0.753. The molecule has 2 rings (SSSR count). The highest BCUT2D eigenvalue weighted by atomic mass is 28.3. The van der Waals surface area contributed by atoms with Gasteiger partial charge in [0, 0.05) is 0 Å². The molecule has 1 nitrogen and oxygen atoms in total. The van der Waals surface area contributed by atoms with Gasteiger partial charge in [0.05, 0.1) is 8.07 Å². The van der Waals surface area contributed by atoms with Gasteiger partial charge in [0.15, 0.2) is 0 Å². The van der Waals surface area contributed by atoms with Crippen LogP contribution in [-0.2, 0) is 0 Å². The molecule has 0 radical (unpaired) electrons. The summed E-state index contributed by atoms with van der Waals surface area (Å²) in [5.74, 6) is 0. The highest BCUT2D eigenvalue weighted by Gasteiger charge is 2.33. The molecular weight excluding hydrogens is 198 g/mol. The summed E-state index contributed by atoms with van der Waals surface area (Å²) < 4.78 is 0. The molecule has 1 aromatic carbocycles. The van der Waals surface area contributed by atoms with E-state index in [1.165, 1.54) is 25.9 Å². The molecule has 82 valence electrons. The molecular formula is C13H21NSi. The molecule has 1 N–H and O–H groups in total. The average molecular weight is 219 g/mol. The molecule has 1 aliphatic rings. The van der Waals surface area contributed by atoms with Gasteiger partial charge in [0.25, 0.3) is 0 Å². The van der Waals surface area contributed by atoms with Crippen molar-refractivity contribution in [3.8, 4) is 0 Å². The van der Waals surface area contributed by atoms with Gasteiger partial charge < -0.3 is 5.32 Å². The molecule has 0 atom stereocenters. The van der Waals surface area contributed by atoms with Gasteiger partial charge in [-0.2, -0.15) is 0 Å². The van der Waals surface area contributed by atoms with Crippen LogP contribution in [0.2, 0.25) is 18.6 Å². The predicted molar refractivity (Wildman–Crippen MR) is 69.4 cm³/mol. The molecule has 1 aliphatic heterocycles. The zero-order valence-electron chi connectivity index (χ0n) is 9.79. The summed E-state index contributed by atoms with van der Waals surface area (Å²) in [4.78, 5) is 0. The summed E-state index contributed by atoms with van der Waals surface area (Å²) in [5, 5.41) is 5.08. The van der Waals surface area contributed by atoms with Gasteiger partial charge in [-0.15, -0.1) is 0 Å². The second-order valence-electron chi connectivity index (χ2n) is 5.11. The van der Waals surface area contributed by atoms with E-state index in [0.29, 0.717) is 0 Å². The minimum absolute atomic E-state index is 0.959. The number of hydrogen-bond donors (Lipinski definition) is 1. The van der Waals surface area contributed by atoms with E-state index in [1.54, 1.807) is 5.19 Å². The van der Waals surface area contributed by atoms with Crippen LogP contribution in [0.1, 0.15) is 12.8 Å². The first-order valence-electron chi connectivity index (χ1n) is 5.97. The third kappa shape index (κ3) is 2.32. The van der Waals surface area contributed by atoms with E-state index < -0.39 is 8.07 Å². The van der Waals surface area contributed by atoms with Crippen molar-refractivity contribution < 1.29 is 0 Å². The molecule has 1 fully saturated rings. The van der Waals surface area contributed by atoms with E-state index in [-0.39, 0.29) is 0 Å². The maximum atomic E-state index is 3.46. The van der Waals surface area contributed by atoms with Crippen LogP contribution in [0.4, 0.5) is 0 Å². The van der Waals surface area contributed by atoms with Crippen LogP contribution in [0.5, 0.6) is 0 Å². The summed E-state index contributed by atoms with van der Waals surface area (Å²) in [6.45, 7) is 7.48. The fraction of sp³-hybridized carbons (Fsp3) is 0.538. The van der Waals surface area contributed by atoms with Gasteiger partial charge in [0.2, 0.25) is 0 Å². The summed E-state index contributed by atoms with van der Waals surface area (Å²) in [6, 6.07) is 11.1. The van der Waals surface area contributed by atoms with Gasteiger partial charge >= 0.3 is 0 Å². The molecule has 0 unspecified atom stereocenters. The predicted octanol–water partition coefficient (Wildman–Crippen LogP) is 2.36. The Morgan fingerprint density at radius 3 is 2.27 bits per heavy atom. The number of benzene rings is 1. The molecule has 0 aromatic heterocycles. The van der Waals surface area contributed by atoms with Crippen LogP contribution in [-0.4, -0.2) is 21.2 Å².